The molecule has 2 N–H and O–H groups in total. The molecule has 6 heteroatoms. The summed E-state index contributed by atoms with van der Waals surface area (Å²) >= 11 is 6.24. The van der Waals surface area contributed by atoms with E-state index < -0.39 is 0 Å². The summed E-state index contributed by atoms with van der Waals surface area (Å²) < 4.78 is 0. The van der Waals surface area contributed by atoms with E-state index in [2.05, 4.69) is 52.0 Å². The fraction of sp³-hybridized carbons (Fsp3) is 0.323. The van der Waals surface area contributed by atoms with Crippen LogP contribution in [0.4, 0.5) is 5.95 Å². The smallest absolute Gasteiger partial charge is 0.255 e. The maximum atomic E-state index is 13.9. The monoisotopic (exact) mass is 510 g/mol. The Morgan fingerprint density at radius 3 is 2.49 bits per heavy atom. The lowest BCUT2D eigenvalue weighted by atomic mass is 9.74. The van der Waals surface area contributed by atoms with Gasteiger partial charge in [0.25, 0.3) is 5.91 Å². The molecule has 0 aliphatic heterocycles. The summed E-state index contributed by atoms with van der Waals surface area (Å²) in [5.41, 5.74) is 3.26. The molecule has 1 heterocycles. The lowest BCUT2D eigenvalue weighted by Crippen LogP contribution is -2.34. The van der Waals surface area contributed by atoms with E-state index >= 15 is 0 Å². The van der Waals surface area contributed by atoms with Crippen molar-refractivity contribution in [1.82, 2.24) is 15.3 Å². The second-order valence-corrected chi connectivity index (χ2v) is 10.9. The van der Waals surface area contributed by atoms with Crippen molar-refractivity contribution >= 4 is 34.2 Å². The molecule has 1 aromatic heterocycles. The van der Waals surface area contributed by atoms with E-state index in [1.54, 1.807) is 6.20 Å². The van der Waals surface area contributed by atoms with Gasteiger partial charge in [0, 0.05) is 22.7 Å². The van der Waals surface area contributed by atoms with Gasteiger partial charge in [0.1, 0.15) is 0 Å². The number of nitrogens with one attached hydrogen (secondary N) is 2. The number of hydrogen-bond donors (Lipinski definition) is 2. The van der Waals surface area contributed by atoms with Gasteiger partial charge in [-0.3, -0.25) is 4.79 Å². The highest BCUT2D eigenvalue weighted by Crippen LogP contribution is 2.47. The number of benzene rings is 3. The first-order valence-electron chi connectivity index (χ1n) is 13.2. The first kappa shape index (κ1) is 23.9. The standard InChI is InChI=1S/C31H31ClN4O/c1-20(25-10-6-8-21-7-2-3-9-26(21)25)34-29(37)27-19-33-30(35-24-15-16-24)36-28(27)31(17-4-5-18-31)22-11-13-23(32)14-12-22/h2-3,6-14,19-20,24H,4-5,15-18H2,1H3,(H,34,37)(H,33,35,36). The molecule has 1 atom stereocenters. The van der Waals surface area contributed by atoms with Crippen molar-refractivity contribution in [1.29, 1.82) is 0 Å². The first-order valence-corrected chi connectivity index (χ1v) is 13.6. The van der Waals surface area contributed by atoms with Gasteiger partial charge < -0.3 is 10.6 Å². The Labute approximate surface area is 222 Å². The molecule has 188 valence electrons. The Bertz CT molecular complexity index is 1440. The van der Waals surface area contributed by atoms with Crippen LogP contribution in [0.15, 0.2) is 72.9 Å². The molecule has 0 bridgehead atoms. The second-order valence-electron chi connectivity index (χ2n) is 10.4. The minimum absolute atomic E-state index is 0.145. The zero-order valence-corrected chi connectivity index (χ0v) is 21.8. The van der Waals surface area contributed by atoms with Gasteiger partial charge in [-0.25, -0.2) is 9.97 Å². The average Bonchev–Trinajstić information content (AvgIpc) is 3.59. The van der Waals surface area contributed by atoms with Crippen molar-refractivity contribution in [2.24, 2.45) is 0 Å². The maximum Gasteiger partial charge on any atom is 0.255 e. The molecule has 2 saturated carbocycles. The van der Waals surface area contributed by atoms with Gasteiger partial charge in [-0.2, -0.15) is 0 Å². The van der Waals surface area contributed by atoms with Crippen LogP contribution < -0.4 is 10.6 Å². The topological polar surface area (TPSA) is 66.9 Å². The molecule has 0 saturated heterocycles. The fourth-order valence-corrected chi connectivity index (χ4v) is 5.91. The molecule has 1 unspecified atom stereocenters. The summed E-state index contributed by atoms with van der Waals surface area (Å²) in [5.74, 6) is 0.463. The zero-order valence-electron chi connectivity index (χ0n) is 21.0. The maximum absolute atomic E-state index is 13.9. The number of carbonyl (C=O) groups is 1. The third-order valence-electron chi connectivity index (χ3n) is 7.89. The third-order valence-corrected chi connectivity index (χ3v) is 8.14. The van der Waals surface area contributed by atoms with Crippen molar-refractivity contribution < 1.29 is 4.79 Å². The Morgan fingerprint density at radius 2 is 1.73 bits per heavy atom. The molecule has 0 radical (unpaired) electrons. The number of anilines is 1. The van der Waals surface area contributed by atoms with Crippen LogP contribution in [0.2, 0.25) is 5.02 Å². The van der Waals surface area contributed by atoms with Crippen LogP contribution in [-0.2, 0) is 5.41 Å². The highest BCUT2D eigenvalue weighted by Gasteiger charge is 2.42. The molecule has 2 fully saturated rings. The summed E-state index contributed by atoms with van der Waals surface area (Å²) in [6, 6.07) is 22.8. The summed E-state index contributed by atoms with van der Waals surface area (Å²) in [4.78, 5) is 23.5. The molecule has 3 aromatic carbocycles. The number of carbonyl (C=O) groups excluding carboxylic acids is 1. The fourth-order valence-electron chi connectivity index (χ4n) is 5.78. The minimum Gasteiger partial charge on any atom is -0.351 e. The van der Waals surface area contributed by atoms with Crippen molar-refractivity contribution in [3.8, 4) is 0 Å². The minimum atomic E-state index is -0.344. The molecule has 37 heavy (non-hydrogen) atoms. The van der Waals surface area contributed by atoms with Gasteiger partial charge in [0.15, 0.2) is 0 Å². The molecule has 6 rings (SSSR count). The molecule has 2 aliphatic carbocycles. The lowest BCUT2D eigenvalue weighted by Gasteiger charge is -2.31. The van der Waals surface area contributed by atoms with Crippen LogP contribution in [0, 0.1) is 0 Å². The second kappa shape index (κ2) is 9.79. The molecular formula is C31H31ClN4O. The van der Waals surface area contributed by atoms with Crippen LogP contribution in [0.1, 0.15) is 78.7 Å². The van der Waals surface area contributed by atoms with Gasteiger partial charge in [-0.15, -0.1) is 0 Å². The van der Waals surface area contributed by atoms with Crippen molar-refractivity contribution in [3.05, 3.63) is 100 Å². The largest absolute Gasteiger partial charge is 0.351 e. The normalized spacial score (nSPS) is 17.5. The number of hydrogen-bond acceptors (Lipinski definition) is 4. The Kier molecular flexibility index (Phi) is 6.33. The Balaban J connectivity index is 1.39. The molecular weight excluding hydrogens is 480 g/mol. The van der Waals surface area contributed by atoms with Gasteiger partial charge in [-0.1, -0.05) is 79.0 Å². The van der Waals surface area contributed by atoms with Crippen molar-refractivity contribution in [3.63, 3.8) is 0 Å². The summed E-state index contributed by atoms with van der Waals surface area (Å²) in [7, 11) is 0. The average molecular weight is 511 g/mol. The SMILES string of the molecule is CC(NC(=O)c1cnc(NC2CC2)nc1C1(c2ccc(Cl)cc2)CCCC1)c1cccc2ccccc12. The summed E-state index contributed by atoms with van der Waals surface area (Å²) in [5, 5.41) is 9.71. The van der Waals surface area contributed by atoms with Crippen LogP contribution >= 0.6 is 11.6 Å². The number of aromatic nitrogens is 2. The number of halogens is 1. The van der Waals surface area contributed by atoms with Crippen LogP contribution in [0.5, 0.6) is 0 Å². The summed E-state index contributed by atoms with van der Waals surface area (Å²) in [6.07, 6.45) is 8.03. The number of amides is 1. The van der Waals surface area contributed by atoms with E-state index in [1.165, 1.54) is 0 Å². The lowest BCUT2D eigenvalue weighted by molar-refractivity contribution is 0.0937. The van der Waals surface area contributed by atoms with E-state index in [4.69, 9.17) is 16.6 Å². The predicted octanol–water partition coefficient (Wildman–Crippen LogP) is 7.21. The van der Waals surface area contributed by atoms with Gasteiger partial charge in [0.05, 0.1) is 17.3 Å². The van der Waals surface area contributed by atoms with Gasteiger partial charge in [-0.05, 0) is 66.6 Å². The third kappa shape index (κ3) is 4.69. The predicted molar refractivity (Wildman–Crippen MR) is 149 cm³/mol. The quantitative estimate of drug-likeness (QED) is 0.275. The van der Waals surface area contributed by atoms with Crippen LogP contribution in [0.3, 0.4) is 0 Å². The first-order chi connectivity index (χ1) is 18.0. The number of fused-ring (bicyclic) bond motifs is 1. The number of rotatable bonds is 7. The van der Waals surface area contributed by atoms with Crippen LogP contribution in [-0.4, -0.2) is 21.9 Å². The molecule has 2 aliphatic rings. The van der Waals surface area contributed by atoms with Crippen LogP contribution in [0.25, 0.3) is 10.8 Å². The Morgan fingerprint density at radius 1 is 1.00 bits per heavy atom. The van der Waals surface area contributed by atoms with Gasteiger partial charge >= 0.3 is 0 Å². The van der Waals surface area contributed by atoms with E-state index in [0.29, 0.717) is 22.6 Å². The highest BCUT2D eigenvalue weighted by molar-refractivity contribution is 6.30. The van der Waals surface area contributed by atoms with E-state index in [9.17, 15) is 4.79 Å². The van der Waals surface area contributed by atoms with Gasteiger partial charge in [0.2, 0.25) is 5.95 Å². The van der Waals surface area contributed by atoms with E-state index in [-0.39, 0.29) is 17.4 Å². The molecule has 5 nitrogen and oxygen atoms in total. The molecule has 4 aromatic rings. The van der Waals surface area contributed by atoms with E-state index in [0.717, 1.165) is 66.1 Å². The molecule has 0 spiro atoms. The Hall–Kier alpha value is -3.44. The molecule has 1 amide bonds. The van der Waals surface area contributed by atoms with Crippen molar-refractivity contribution in [2.75, 3.05) is 5.32 Å². The number of nitrogens with zero attached hydrogens (tertiary/aromatic N) is 2. The van der Waals surface area contributed by atoms with E-state index in [1.807, 2.05) is 37.3 Å². The van der Waals surface area contributed by atoms with Crippen molar-refractivity contribution in [2.45, 2.75) is 62.9 Å². The summed E-state index contributed by atoms with van der Waals surface area (Å²) in [6.45, 7) is 2.04. The highest BCUT2D eigenvalue weighted by atomic mass is 35.5. The zero-order chi connectivity index (χ0) is 25.4.